The predicted molar refractivity (Wildman–Crippen MR) is 120 cm³/mol. The molecular weight excluding hydrogens is 382 g/mol. The van der Waals surface area contributed by atoms with Crippen molar-refractivity contribution >= 4 is 34.7 Å². The van der Waals surface area contributed by atoms with Gasteiger partial charge in [-0.3, -0.25) is 4.79 Å². The molecule has 0 saturated heterocycles. The summed E-state index contributed by atoms with van der Waals surface area (Å²) in [6, 6.07) is 17.9. The zero-order valence-corrected chi connectivity index (χ0v) is 17.5. The van der Waals surface area contributed by atoms with Gasteiger partial charge >= 0.3 is 0 Å². The molecule has 0 radical (unpaired) electrons. The number of nitrogens with zero attached hydrogens (tertiary/aromatic N) is 4. The van der Waals surface area contributed by atoms with Gasteiger partial charge in [0, 0.05) is 29.6 Å². The second-order valence-corrected chi connectivity index (χ2v) is 7.68. The molecule has 0 atom stereocenters. The second kappa shape index (κ2) is 9.93. The summed E-state index contributed by atoms with van der Waals surface area (Å²) in [5, 5.41) is 12.1. The third kappa shape index (κ3) is 5.48. The highest BCUT2D eigenvalue weighted by Crippen LogP contribution is 2.24. The van der Waals surface area contributed by atoms with Crippen molar-refractivity contribution in [3.05, 3.63) is 73.6 Å². The number of thioether (sulfide) groups is 1. The summed E-state index contributed by atoms with van der Waals surface area (Å²) < 4.78 is 1.87. The number of anilines is 3. The summed E-state index contributed by atoms with van der Waals surface area (Å²) in [5.41, 5.74) is 2.87. The van der Waals surface area contributed by atoms with Crippen molar-refractivity contribution in [1.29, 1.82) is 0 Å². The van der Waals surface area contributed by atoms with Crippen LogP contribution in [0.3, 0.4) is 0 Å². The van der Waals surface area contributed by atoms with E-state index in [9.17, 15) is 4.79 Å². The maximum atomic E-state index is 12.9. The van der Waals surface area contributed by atoms with Gasteiger partial charge in [0.05, 0.1) is 5.75 Å². The summed E-state index contributed by atoms with van der Waals surface area (Å²) in [6.07, 6.45) is 3.42. The minimum atomic E-state index is 0.0296. The fourth-order valence-electron chi connectivity index (χ4n) is 2.94. The van der Waals surface area contributed by atoms with Crippen LogP contribution in [0, 0.1) is 0 Å². The molecule has 3 rings (SSSR count). The Kier molecular flexibility index (Phi) is 7.08. The van der Waals surface area contributed by atoms with E-state index < -0.39 is 0 Å². The highest BCUT2D eigenvalue weighted by molar-refractivity contribution is 7.99. The van der Waals surface area contributed by atoms with E-state index in [0.29, 0.717) is 11.7 Å². The molecular formula is C22H25N5OS. The molecule has 1 heterocycles. The van der Waals surface area contributed by atoms with Crippen LogP contribution in [0.2, 0.25) is 0 Å². The van der Waals surface area contributed by atoms with Crippen molar-refractivity contribution in [2.45, 2.75) is 31.6 Å². The minimum Gasteiger partial charge on any atom is -0.356 e. The van der Waals surface area contributed by atoms with Gasteiger partial charge in [0.2, 0.25) is 5.91 Å². The number of rotatable bonds is 9. The SMILES string of the molecule is C=CCn1cnnc1SCC(=O)N(c1ccc(Nc2ccccc2)cc1)C(C)C. The normalized spacial score (nSPS) is 10.7. The molecule has 1 amide bonds. The number of aromatic nitrogens is 3. The zero-order valence-electron chi connectivity index (χ0n) is 16.7. The maximum absolute atomic E-state index is 12.9. The molecule has 0 fully saturated rings. The van der Waals surface area contributed by atoms with Crippen molar-refractivity contribution in [3.8, 4) is 0 Å². The van der Waals surface area contributed by atoms with Gasteiger partial charge in [-0.15, -0.1) is 16.8 Å². The number of hydrogen-bond acceptors (Lipinski definition) is 5. The lowest BCUT2D eigenvalue weighted by Gasteiger charge is -2.27. The van der Waals surface area contributed by atoms with Gasteiger partial charge in [-0.25, -0.2) is 0 Å². The maximum Gasteiger partial charge on any atom is 0.237 e. The lowest BCUT2D eigenvalue weighted by Crippen LogP contribution is -2.38. The van der Waals surface area contributed by atoms with Gasteiger partial charge in [0.25, 0.3) is 0 Å². The smallest absolute Gasteiger partial charge is 0.237 e. The standard InChI is InChI=1S/C22H25N5OS/c1-4-14-26-16-23-25-22(26)29-15-21(28)27(17(2)3)20-12-10-19(11-13-20)24-18-8-6-5-7-9-18/h4-13,16-17,24H,1,14-15H2,2-3H3. The number of para-hydroxylation sites is 1. The second-order valence-electron chi connectivity index (χ2n) is 6.74. The number of benzene rings is 2. The van der Waals surface area contributed by atoms with Crippen LogP contribution in [0.1, 0.15) is 13.8 Å². The van der Waals surface area contributed by atoms with Gasteiger partial charge in [-0.2, -0.15) is 0 Å². The van der Waals surface area contributed by atoms with Crippen LogP contribution in [-0.2, 0) is 11.3 Å². The fraction of sp³-hybridized carbons (Fsp3) is 0.227. The quantitative estimate of drug-likeness (QED) is 0.410. The van der Waals surface area contributed by atoms with Gasteiger partial charge in [0.15, 0.2) is 5.16 Å². The molecule has 6 nitrogen and oxygen atoms in total. The molecule has 1 aromatic heterocycles. The lowest BCUT2D eigenvalue weighted by molar-refractivity contribution is -0.116. The van der Waals surface area contributed by atoms with Gasteiger partial charge in [0.1, 0.15) is 6.33 Å². The van der Waals surface area contributed by atoms with Gasteiger partial charge in [-0.05, 0) is 50.2 Å². The fourth-order valence-corrected chi connectivity index (χ4v) is 3.72. The van der Waals surface area contributed by atoms with E-state index in [2.05, 4.69) is 22.1 Å². The van der Waals surface area contributed by atoms with Crippen LogP contribution in [0.25, 0.3) is 0 Å². The molecule has 0 bridgehead atoms. The summed E-state index contributed by atoms with van der Waals surface area (Å²) in [4.78, 5) is 14.8. The first-order chi connectivity index (χ1) is 14.1. The summed E-state index contributed by atoms with van der Waals surface area (Å²) in [6.45, 7) is 8.37. The molecule has 2 aromatic carbocycles. The Balaban J connectivity index is 1.67. The van der Waals surface area contributed by atoms with Crippen LogP contribution >= 0.6 is 11.8 Å². The van der Waals surface area contributed by atoms with E-state index in [1.807, 2.05) is 77.9 Å². The Bertz CT molecular complexity index is 937. The molecule has 0 unspecified atom stereocenters. The Morgan fingerprint density at radius 2 is 1.86 bits per heavy atom. The molecule has 0 aliphatic carbocycles. The first-order valence-electron chi connectivity index (χ1n) is 9.44. The van der Waals surface area contributed by atoms with E-state index in [0.717, 1.165) is 17.1 Å². The molecule has 0 aliphatic heterocycles. The van der Waals surface area contributed by atoms with Crippen LogP contribution < -0.4 is 10.2 Å². The third-order valence-electron chi connectivity index (χ3n) is 4.22. The molecule has 0 spiro atoms. The van der Waals surface area contributed by atoms with Crippen LogP contribution in [-0.4, -0.2) is 32.5 Å². The van der Waals surface area contributed by atoms with Crippen molar-refractivity contribution in [2.75, 3.05) is 16.0 Å². The van der Waals surface area contributed by atoms with Crippen molar-refractivity contribution in [1.82, 2.24) is 14.8 Å². The van der Waals surface area contributed by atoms with E-state index in [-0.39, 0.29) is 17.7 Å². The van der Waals surface area contributed by atoms with Crippen LogP contribution in [0.15, 0.2) is 78.7 Å². The number of carbonyl (C=O) groups is 1. The highest BCUT2D eigenvalue weighted by Gasteiger charge is 2.20. The first-order valence-corrected chi connectivity index (χ1v) is 10.4. The van der Waals surface area contributed by atoms with Crippen molar-refractivity contribution in [2.24, 2.45) is 0 Å². The number of allylic oxidation sites excluding steroid dienone is 1. The highest BCUT2D eigenvalue weighted by atomic mass is 32.2. The Morgan fingerprint density at radius 1 is 1.17 bits per heavy atom. The minimum absolute atomic E-state index is 0.0296. The average Bonchev–Trinajstić information content (AvgIpc) is 3.16. The summed E-state index contributed by atoms with van der Waals surface area (Å²) in [7, 11) is 0. The monoisotopic (exact) mass is 407 g/mol. The van der Waals surface area contributed by atoms with Gasteiger partial charge < -0.3 is 14.8 Å². The number of nitrogens with one attached hydrogen (secondary N) is 1. The Hall–Kier alpha value is -3.06. The van der Waals surface area contributed by atoms with E-state index in [1.165, 1.54) is 11.8 Å². The molecule has 7 heteroatoms. The molecule has 29 heavy (non-hydrogen) atoms. The molecule has 0 saturated carbocycles. The summed E-state index contributed by atoms with van der Waals surface area (Å²) >= 11 is 1.39. The van der Waals surface area contributed by atoms with Gasteiger partial charge in [-0.1, -0.05) is 36.0 Å². The number of carbonyl (C=O) groups excluding carboxylic acids is 1. The molecule has 150 valence electrons. The van der Waals surface area contributed by atoms with E-state index >= 15 is 0 Å². The molecule has 3 aromatic rings. The molecule has 0 aliphatic rings. The third-order valence-corrected chi connectivity index (χ3v) is 5.19. The largest absolute Gasteiger partial charge is 0.356 e. The average molecular weight is 408 g/mol. The molecule has 1 N–H and O–H groups in total. The summed E-state index contributed by atoms with van der Waals surface area (Å²) in [5.74, 6) is 0.319. The van der Waals surface area contributed by atoms with Crippen LogP contribution in [0.4, 0.5) is 17.1 Å². The zero-order chi connectivity index (χ0) is 20.6. The predicted octanol–water partition coefficient (Wildman–Crippen LogP) is 4.74. The van der Waals surface area contributed by atoms with E-state index in [4.69, 9.17) is 0 Å². The first kappa shape index (κ1) is 20.7. The number of amides is 1. The Morgan fingerprint density at radius 3 is 2.52 bits per heavy atom. The van der Waals surface area contributed by atoms with E-state index in [1.54, 1.807) is 12.4 Å². The lowest BCUT2D eigenvalue weighted by atomic mass is 10.2. The van der Waals surface area contributed by atoms with Crippen molar-refractivity contribution in [3.63, 3.8) is 0 Å². The number of hydrogen-bond donors (Lipinski definition) is 1. The van der Waals surface area contributed by atoms with Crippen LogP contribution in [0.5, 0.6) is 0 Å². The van der Waals surface area contributed by atoms with Crippen molar-refractivity contribution < 1.29 is 4.79 Å². The Labute approximate surface area is 175 Å². The topological polar surface area (TPSA) is 63.1 Å².